The van der Waals surface area contributed by atoms with E-state index in [0.717, 1.165) is 35.9 Å². The summed E-state index contributed by atoms with van der Waals surface area (Å²) in [5, 5.41) is 16.3. The molecule has 1 saturated heterocycles. The second kappa shape index (κ2) is 9.30. The van der Waals surface area contributed by atoms with Gasteiger partial charge in [0.15, 0.2) is 17.4 Å². The summed E-state index contributed by atoms with van der Waals surface area (Å²) in [5.41, 5.74) is 4.18. The molecule has 0 radical (unpaired) electrons. The van der Waals surface area contributed by atoms with Crippen LogP contribution in [0.3, 0.4) is 0 Å². The lowest BCUT2D eigenvalue weighted by Crippen LogP contribution is -2.19. The molecule has 0 unspecified atom stereocenters. The molecule has 2 aromatic heterocycles. The largest absolute Gasteiger partial charge is 0.355 e. The number of nitrogens with zero attached hydrogens (tertiary/aromatic N) is 5. The number of benzene rings is 1. The number of nitrogens with one attached hydrogen (secondary N) is 1. The van der Waals surface area contributed by atoms with Crippen molar-refractivity contribution in [2.45, 2.75) is 46.5 Å². The van der Waals surface area contributed by atoms with Crippen LogP contribution in [0.5, 0.6) is 0 Å². The number of Topliss-reactive ketones (excluding diaryl/α,β-unsaturated/α-hetero) is 1. The average molecular weight is 433 g/mol. The van der Waals surface area contributed by atoms with E-state index in [9.17, 15) is 9.59 Å². The molecule has 1 amide bonds. The molecule has 3 aromatic rings. The number of ketones is 1. The van der Waals surface area contributed by atoms with Crippen molar-refractivity contribution in [3.8, 4) is 5.82 Å². The molecule has 1 N–H and O–H groups in total. The van der Waals surface area contributed by atoms with E-state index in [1.807, 2.05) is 26.0 Å². The van der Waals surface area contributed by atoms with Gasteiger partial charge in [-0.15, -0.1) is 10.2 Å². The minimum absolute atomic E-state index is 0.00112. The van der Waals surface area contributed by atoms with Crippen molar-refractivity contribution in [1.82, 2.24) is 20.0 Å². The Morgan fingerprint density at radius 1 is 0.969 bits per heavy atom. The van der Waals surface area contributed by atoms with Crippen molar-refractivity contribution in [3.05, 3.63) is 58.9 Å². The van der Waals surface area contributed by atoms with Crippen molar-refractivity contribution in [1.29, 1.82) is 0 Å². The number of carbonyl (C=O) groups is 2. The number of anilines is 2. The molecule has 0 atom stereocenters. The molecule has 1 aromatic carbocycles. The van der Waals surface area contributed by atoms with Crippen LogP contribution in [0.4, 0.5) is 11.5 Å². The monoisotopic (exact) mass is 432 g/mol. The molecule has 1 fully saturated rings. The second-order valence-electron chi connectivity index (χ2n) is 8.19. The van der Waals surface area contributed by atoms with Crippen molar-refractivity contribution < 1.29 is 9.59 Å². The van der Waals surface area contributed by atoms with Crippen LogP contribution in [0.1, 0.15) is 53.5 Å². The summed E-state index contributed by atoms with van der Waals surface area (Å²) in [7, 11) is 0. The number of rotatable bonds is 7. The summed E-state index contributed by atoms with van der Waals surface area (Å²) < 4.78 is 1.80. The normalized spacial score (nSPS) is 13.4. The van der Waals surface area contributed by atoms with Gasteiger partial charge < -0.3 is 10.2 Å². The minimum Gasteiger partial charge on any atom is -0.355 e. The van der Waals surface area contributed by atoms with Crippen LogP contribution in [-0.4, -0.2) is 44.8 Å². The zero-order valence-corrected chi connectivity index (χ0v) is 18.8. The maximum atomic E-state index is 12.4. The third-order valence-electron chi connectivity index (χ3n) is 5.90. The van der Waals surface area contributed by atoms with Gasteiger partial charge in [0.25, 0.3) is 0 Å². The van der Waals surface area contributed by atoms with Gasteiger partial charge in [-0.3, -0.25) is 9.59 Å². The van der Waals surface area contributed by atoms with Crippen LogP contribution in [0, 0.1) is 13.8 Å². The standard InChI is InChI=1S/C24H28N6O2/c1-16-21(10-13-24(32)25-20-8-6-19(7-9-20)18(3)31)17(2)30(28-16)23-12-11-22(26-27-23)29-14-4-5-15-29/h6-9,11-12H,4-5,10,13-15H2,1-3H3,(H,25,32). The van der Waals surface area contributed by atoms with Gasteiger partial charge in [0.1, 0.15) is 0 Å². The molecule has 3 heterocycles. The van der Waals surface area contributed by atoms with Gasteiger partial charge in [-0.1, -0.05) is 0 Å². The topological polar surface area (TPSA) is 93.0 Å². The Kier molecular flexibility index (Phi) is 6.30. The van der Waals surface area contributed by atoms with Crippen molar-refractivity contribution in [2.24, 2.45) is 0 Å². The molecule has 4 rings (SSSR count). The maximum Gasteiger partial charge on any atom is 0.224 e. The predicted molar refractivity (Wildman–Crippen MR) is 123 cm³/mol. The molecule has 0 saturated carbocycles. The third kappa shape index (κ3) is 4.69. The molecule has 166 valence electrons. The quantitative estimate of drug-likeness (QED) is 0.573. The fraction of sp³-hybridized carbons (Fsp3) is 0.375. The number of hydrogen-bond donors (Lipinski definition) is 1. The number of aryl methyl sites for hydroxylation is 1. The summed E-state index contributed by atoms with van der Waals surface area (Å²) >= 11 is 0. The van der Waals surface area contributed by atoms with Gasteiger partial charge in [-0.2, -0.15) is 5.10 Å². The predicted octanol–water partition coefficient (Wildman–Crippen LogP) is 3.65. The van der Waals surface area contributed by atoms with Gasteiger partial charge in [0.2, 0.25) is 5.91 Å². The average Bonchev–Trinajstić information content (AvgIpc) is 3.41. The van der Waals surface area contributed by atoms with Crippen molar-refractivity contribution in [2.75, 3.05) is 23.3 Å². The fourth-order valence-electron chi connectivity index (χ4n) is 4.06. The van der Waals surface area contributed by atoms with E-state index in [0.29, 0.717) is 29.9 Å². The van der Waals surface area contributed by atoms with Crippen molar-refractivity contribution >= 4 is 23.2 Å². The number of amides is 1. The molecular weight excluding hydrogens is 404 g/mol. The van der Waals surface area contributed by atoms with E-state index in [2.05, 4.69) is 25.5 Å². The first-order valence-corrected chi connectivity index (χ1v) is 11.0. The lowest BCUT2D eigenvalue weighted by molar-refractivity contribution is -0.116. The van der Waals surface area contributed by atoms with E-state index < -0.39 is 0 Å². The first-order valence-electron chi connectivity index (χ1n) is 11.0. The van der Waals surface area contributed by atoms with E-state index in [-0.39, 0.29) is 11.7 Å². The van der Waals surface area contributed by atoms with E-state index in [1.54, 1.807) is 28.9 Å². The SMILES string of the molecule is CC(=O)c1ccc(NC(=O)CCc2c(C)nn(-c3ccc(N4CCCC4)nn3)c2C)cc1. The lowest BCUT2D eigenvalue weighted by atomic mass is 10.1. The summed E-state index contributed by atoms with van der Waals surface area (Å²) in [6.07, 6.45) is 3.30. The Balaban J connectivity index is 1.40. The molecule has 1 aliphatic rings. The summed E-state index contributed by atoms with van der Waals surface area (Å²) in [6, 6.07) is 10.9. The van der Waals surface area contributed by atoms with Crippen LogP contribution in [0.2, 0.25) is 0 Å². The summed E-state index contributed by atoms with van der Waals surface area (Å²) in [5.74, 6) is 1.50. The summed E-state index contributed by atoms with van der Waals surface area (Å²) in [4.78, 5) is 26.1. The number of aromatic nitrogens is 4. The third-order valence-corrected chi connectivity index (χ3v) is 5.90. The van der Waals surface area contributed by atoms with Crippen LogP contribution in [-0.2, 0) is 11.2 Å². The summed E-state index contributed by atoms with van der Waals surface area (Å²) in [6.45, 7) is 7.51. The molecule has 8 heteroatoms. The Bertz CT molecular complexity index is 1110. The van der Waals surface area contributed by atoms with E-state index in [4.69, 9.17) is 0 Å². The Labute approximate surface area is 187 Å². The number of hydrogen-bond acceptors (Lipinski definition) is 6. The molecule has 32 heavy (non-hydrogen) atoms. The highest BCUT2D eigenvalue weighted by atomic mass is 16.1. The first kappa shape index (κ1) is 21.7. The molecule has 0 bridgehead atoms. The van der Waals surface area contributed by atoms with Crippen LogP contribution in [0.15, 0.2) is 36.4 Å². The van der Waals surface area contributed by atoms with E-state index in [1.165, 1.54) is 19.8 Å². The highest BCUT2D eigenvalue weighted by Gasteiger charge is 2.17. The molecule has 1 aliphatic heterocycles. The Morgan fingerprint density at radius 2 is 1.62 bits per heavy atom. The Hall–Kier alpha value is -3.55. The fourth-order valence-corrected chi connectivity index (χ4v) is 4.06. The zero-order valence-electron chi connectivity index (χ0n) is 18.8. The van der Waals surface area contributed by atoms with Crippen LogP contribution in [0.25, 0.3) is 5.82 Å². The van der Waals surface area contributed by atoms with Crippen LogP contribution >= 0.6 is 0 Å². The zero-order chi connectivity index (χ0) is 22.7. The lowest BCUT2D eigenvalue weighted by Gasteiger charge is -2.15. The highest BCUT2D eigenvalue weighted by Crippen LogP contribution is 2.21. The van der Waals surface area contributed by atoms with Gasteiger partial charge in [-0.05, 0) is 82.0 Å². The minimum atomic E-state index is -0.0816. The van der Waals surface area contributed by atoms with E-state index >= 15 is 0 Å². The maximum absolute atomic E-state index is 12.4. The van der Waals surface area contributed by atoms with Gasteiger partial charge >= 0.3 is 0 Å². The molecule has 0 aliphatic carbocycles. The highest BCUT2D eigenvalue weighted by molar-refractivity contribution is 5.95. The second-order valence-corrected chi connectivity index (χ2v) is 8.19. The first-order chi connectivity index (χ1) is 15.4. The molecule has 8 nitrogen and oxygen atoms in total. The smallest absolute Gasteiger partial charge is 0.224 e. The Morgan fingerprint density at radius 3 is 2.25 bits per heavy atom. The van der Waals surface area contributed by atoms with Gasteiger partial charge in [0, 0.05) is 36.5 Å². The van der Waals surface area contributed by atoms with Crippen molar-refractivity contribution in [3.63, 3.8) is 0 Å². The van der Waals surface area contributed by atoms with Crippen LogP contribution < -0.4 is 10.2 Å². The van der Waals surface area contributed by atoms with Gasteiger partial charge in [-0.25, -0.2) is 4.68 Å². The molecule has 0 spiro atoms. The molecular formula is C24H28N6O2. The number of carbonyl (C=O) groups excluding carboxylic acids is 2. The van der Waals surface area contributed by atoms with Gasteiger partial charge in [0.05, 0.1) is 5.69 Å².